The molecule has 0 spiro atoms. The number of aliphatic hydroxyl groups excluding tert-OH is 1. The van der Waals surface area contributed by atoms with Crippen molar-refractivity contribution in [1.82, 2.24) is 10.3 Å². The number of aliphatic hydroxyl groups is 1. The maximum Gasteiger partial charge on any atom is 0.137 e. The van der Waals surface area contributed by atoms with Crippen LogP contribution in [0.15, 0.2) is 4.63 Å². The molecule has 0 fully saturated rings. The first kappa shape index (κ1) is 7.73. The Labute approximate surface area is 70.5 Å². The van der Waals surface area contributed by atoms with Crippen LogP contribution in [0.4, 0.5) is 0 Å². The standard InChI is InChI=1S/C8H12N2O2/c1-2-5-3-4-6-7(8(5)11)10-12-9-6/h5,8,11H,2-4H2,1H3. The molecule has 0 aromatic carbocycles. The van der Waals surface area contributed by atoms with Crippen LogP contribution in [0.1, 0.15) is 37.3 Å². The molecule has 1 aromatic heterocycles. The first-order valence-electron chi connectivity index (χ1n) is 4.32. The maximum absolute atomic E-state index is 9.75. The molecule has 1 aromatic rings. The number of nitrogens with zero attached hydrogens (tertiary/aromatic N) is 2. The van der Waals surface area contributed by atoms with Crippen LogP contribution in [0.5, 0.6) is 0 Å². The zero-order valence-electron chi connectivity index (χ0n) is 7.03. The predicted molar refractivity (Wildman–Crippen MR) is 41.4 cm³/mol. The summed E-state index contributed by atoms with van der Waals surface area (Å²) in [6.45, 7) is 2.08. The van der Waals surface area contributed by atoms with Gasteiger partial charge in [-0.15, -0.1) is 0 Å². The normalized spacial score (nSPS) is 28.5. The van der Waals surface area contributed by atoms with Crippen molar-refractivity contribution in [2.45, 2.75) is 32.3 Å². The Kier molecular flexibility index (Phi) is 1.84. The number of hydrogen-bond acceptors (Lipinski definition) is 4. The van der Waals surface area contributed by atoms with Crippen LogP contribution in [0.25, 0.3) is 0 Å². The molecule has 66 valence electrons. The minimum absolute atomic E-state index is 0.324. The molecule has 0 aliphatic heterocycles. The van der Waals surface area contributed by atoms with Gasteiger partial charge >= 0.3 is 0 Å². The molecule has 1 N–H and O–H groups in total. The van der Waals surface area contributed by atoms with Crippen LogP contribution < -0.4 is 0 Å². The van der Waals surface area contributed by atoms with Gasteiger partial charge in [0.2, 0.25) is 0 Å². The molecule has 4 heteroatoms. The molecule has 0 bridgehead atoms. The summed E-state index contributed by atoms with van der Waals surface area (Å²) in [5.74, 6) is 0.324. The van der Waals surface area contributed by atoms with Crippen LogP contribution >= 0.6 is 0 Å². The van der Waals surface area contributed by atoms with Crippen molar-refractivity contribution in [3.8, 4) is 0 Å². The van der Waals surface area contributed by atoms with Crippen molar-refractivity contribution in [1.29, 1.82) is 0 Å². The second-order valence-corrected chi connectivity index (χ2v) is 3.25. The Morgan fingerprint density at radius 1 is 1.58 bits per heavy atom. The van der Waals surface area contributed by atoms with E-state index >= 15 is 0 Å². The highest BCUT2D eigenvalue weighted by atomic mass is 16.6. The lowest BCUT2D eigenvalue weighted by atomic mass is 9.85. The van der Waals surface area contributed by atoms with Gasteiger partial charge in [0.1, 0.15) is 17.5 Å². The highest BCUT2D eigenvalue weighted by molar-refractivity contribution is 5.15. The van der Waals surface area contributed by atoms with Crippen LogP contribution in [0, 0.1) is 5.92 Å². The Bertz CT molecular complexity index is 272. The molecule has 0 radical (unpaired) electrons. The van der Waals surface area contributed by atoms with E-state index in [0.29, 0.717) is 11.6 Å². The molecular weight excluding hydrogens is 156 g/mol. The van der Waals surface area contributed by atoms with Crippen molar-refractivity contribution < 1.29 is 9.74 Å². The van der Waals surface area contributed by atoms with Crippen molar-refractivity contribution in [2.75, 3.05) is 0 Å². The second kappa shape index (κ2) is 2.86. The molecule has 1 aliphatic carbocycles. The average molecular weight is 168 g/mol. The maximum atomic E-state index is 9.75. The van der Waals surface area contributed by atoms with Gasteiger partial charge in [-0.2, -0.15) is 0 Å². The zero-order chi connectivity index (χ0) is 8.55. The van der Waals surface area contributed by atoms with Crippen molar-refractivity contribution in [3.05, 3.63) is 11.4 Å². The van der Waals surface area contributed by atoms with Gasteiger partial charge in [-0.1, -0.05) is 23.7 Å². The van der Waals surface area contributed by atoms with Gasteiger partial charge in [0.15, 0.2) is 0 Å². The first-order valence-corrected chi connectivity index (χ1v) is 4.32. The first-order chi connectivity index (χ1) is 5.83. The summed E-state index contributed by atoms with van der Waals surface area (Å²) < 4.78 is 4.57. The van der Waals surface area contributed by atoms with Crippen molar-refractivity contribution in [3.63, 3.8) is 0 Å². The van der Waals surface area contributed by atoms with E-state index < -0.39 is 6.10 Å². The molecule has 1 heterocycles. The van der Waals surface area contributed by atoms with Gasteiger partial charge in [-0.25, -0.2) is 4.63 Å². The third kappa shape index (κ3) is 1.03. The van der Waals surface area contributed by atoms with Crippen LogP contribution in [-0.4, -0.2) is 15.4 Å². The van der Waals surface area contributed by atoms with Crippen molar-refractivity contribution in [2.24, 2.45) is 5.92 Å². The molecule has 0 saturated heterocycles. The largest absolute Gasteiger partial charge is 0.386 e. The lowest BCUT2D eigenvalue weighted by Gasteiger charge is -2.23. The van der Waals surface area contributed by atoms with Gasteiger partial charge in [0, 0.05) is 0 Å². The summed E-state index contributed by atoms with van der Waals surface area (Å²) in [7, 11) is 0. The molecule has 2 atom stereocenters. The Balaban J connectivity index is 2.29. The highest BCUT2D eigenvalue weighted by Crippen LogP contribution is 2.33. The van der Waals surface area contributed by atoms with E-state index in [9.17, 15) is 5.11 Å². The third-order valence-electron chi connectivity index (χ3n) is 2.59. The lowest BCUT2D eigenvalue weighted by molar-refractivity contribution is 0.0848. The SMILES string of the molecule is CCC1CCc2nonc2C1O. The topological polar surface area (TPSA) is 59.2 Å². The Morgan fingerprint density at radius 2 is 2.42 bits per heavy atom. The third-order valence-corrected chi connectivity index (χ3v) is 2.59. The zero-order valence-corrected chi connectivity index (χ0v) is 7.03. The van der Waals surface area contributed by atoms with E-state index in [2.05, 4.69) is 21.9 Å². The molecule has 2 rings (SSSR count). The summed E-state index contributed by atoms with van der Waals surface area (Å²) in [5, 5.41) is 17.2. The lowest BCUT2D eigenvalue weighted by Crippen LogP contribution is -2.19. The quantitative estimate of drug-likeness (QED) is 0.681. The van der Waals surface area contributed by atoms with Gasteiger partial charge in [-0.3, -0.25) is 0 Å². The number of rotatable bonds is 1. The number of hydrogen-bond donors (Lipinski definition) is 1. The number of fused-ring (bicyclic) bond motifs is 1. The van der Waals surface area contributed by atoms with E-state index in [4.69, 9.17) is 0 Å². The fraction of sp³-hybridized carbons (Fsp3) is 0.750. The van der Waals surface area contributed by atoms with Gasteiger partial charge < -0.3 is 5.11 Å². The Hall–Kier alpha value is -0.900. The summed E-state index contributed by atoms with van der Waals surface area (Å²) in [4.78, 5) is 0. The molecule has 4 nitrogen and oxygen atoms in total. The highest BCUT2D eigenvalue weighted by Gasteiger charge is 2.30. The fourth-order valence-electron chi connectivity index (χ4n) is 1.74. The number of aryl methyl sites for hydroxylation is 1. The molecule has 1 aliphatic rings. The predicted octanol–water partition coefficient (Wildman–Crippen LogP) is 1.08. The van der Waals surface area contributed by atoms with Gasteiger partial charge in [0.25, 0.3) is 0 Å². The van der Waals surface area contributed by atoms with Gasteiger partial charge in [0.05, 0.1) is 0 Å². The van der Waals surface area contributed by atoms with E-state index in [1.54, 1.807) is 0 Å². The fourth-order valence-corrected chi connectivity index (χ4v) is 1.74. The molecular formula is C8H12N2O2. The summed E-state index contributed by atoms with van der Waals surface area (Å²) >= 11 is 0. The van der Waals surface area contributed by atoms with Crippen molar-refractivity contribution >= 4 is 0 Å². The number of aromatic nitrogens is 2. The summed E-state index contributed by atoms with van der Waals surface area (Å²) in [6, 6.07) is 0. The van der Waals surface area contributed by atoms with E-state index in [-0.39, 0.29) is 0 Å². The molecule has 0 amide bonds. The molecule has 2 unspecified atom stereocenters. The van der Waals surface area contributed by atoms with E-state index in [0.717, 1.165) is 25.0 Å². The summed E-state index contributed by atoms with van der Waals surface area (Å²) in [6.07, 6.45) is 2.38. The second-order valence-electron chi connectivity index (χ2n) is 3.25. The van der Waals surface area contributed by atoms with E-state index in [1.165, 1.54) is 0 Å². The van der Waals surface area contributed by atoms with Crippen LogP contribution in [0.2, 0.25) is 0 Å². The Morgan fingerprint density at radius 3 is 3.17 bits per heavy atom. The van der Waals surface area contributed by atoms with Crippen LogP contribution in [-0.2, 0) is 6.42 Å². The molecule has 12 heavy (non-hydrogen) atoms. The minimum atomic E-state index is -0.468. The summed E-state index contributed by atoms with van der Waals surface area (Å²) in [5.41, 5.74) is 1.47. The van der Waals surface area contributed by atoms with Gasteiger partial charge in [-0.05, 0) is 18.8 Å². The van der Waals surface area contributed by atoms with Crippen LogP contribution in [0.3, 0.4) is 0 Å². The van der Waals surface area contributed by atoms with E-state index in [1.807, 2.05) is 0 Å². The minimum Gasteiger partial charge on any atom is -0.386 e. The smallest absolute Gasteiger partial charge is 0.137 e. The monoisotopic (exact) mass is 168 g/mol. The average Bonchev–Trinajstić information content (AvgIpc) is 2.53. The molecule has 0 saturated carbocycles.